The predicted molar refractivity (Wildman–Crippen MR) is 454 cm³/mol. The summed E-state index contributed by atoms with van der Waals surface area (Å²) >= 11 is 0.796. The number of benzene rings is 6. The zero-order valence-corrected chi connectivity index (χ0v) is 69.2. The number of rotatable bonds is 31. The number of guanidine groups is 1. The molecule has 7 aromatic rings. The van der Waals surface area contributed by atoms with Crippen LogP contribution in [-0.2, 0) is 71.9 Å². The molecule has 4 atom stereocenters. The van der Waals surface area contributed by atoms with Gasteiger partial charge in [0.25, 0.3) is 11.8 Å². The van der Waals surface area contributed by atoms with E-state index in [9.17, 15) is 63.6 Å². The number of aliphatic hydroxyl groups excluding tert-OH is 1. The molecule has 0 bridgehead atoms. The number of carbonyl (C=O) groups excluding carboxylic acids is 8. The van der Waals surface area contributed by atoms with Gasteiger partial charge in [-0.05, 0) is 110 Å². The molecule has 15 N–H and O–H groups in total. The Morgan fingerprint density at radius 1 is 0.620 bits per heavy atom. The lowest BCUT2D eigenvalue weighted by molar-refractivity contribution is -0.141. The molecule has 4 unspecified atom stereocenters. The van der Waals surface area contributed by atoms with Gasteiger partial charge >= 0.3 is 5.97 Å². The van der Waals surface area contributed by atoms with Gasteiger partial charge in [-0.25, -0.2) is 0 Å². The van der Waals surface area contributed by atoms with Crippen LogP contribution in [-0.4, -0.2) is 271 Å². The first kappa shape index (κ1) is 91.2. The van der Waals surface area contributed by atoms with Crippen molar-refractivity contribution in [3.05, 3.63) is 155 Å². The number of methoxy groups -OCH3 is 2. The number of hydrogen-bond donors (Lipinski definition) is 14. The molecule has 4 heterocycles. The highest BCUT2D eigenvalue weighted by atomic mass is 32.2. The van der Waals surface area contributed by atoms with Gasteiger partial charge in [0.2, 0.25) is 41.3 Å². The van der Waals surface area contributed by atoms with Crippen LogP contribution in [0.1, 0.15) is 68.7 Å². The molecule has 0 aliphatic carbocycles. The number of nitrogens with zero attached hydrogens (tertiary/aromatic N) is 5. The van der Waals surface area contributed by atoms with Crippen molar-refractivity contribution in [2.24, 2.45) is 5.73 Å². The first-order chi connectivity index (χ1) is 58.5. The zero-order chi connectivity index (χ0) is 86.3. The van der Waals surface area contributed by atoms with Gasteiger partial charge in [-0.1, -0.05) is 60.7 Å². The van der Waals surface area contributed by atoms with Crippen molar-refractivity contribution in [3.63, 3.8) is 0 Å². The molecule has 10 rings (SSSR count). The number of thioether (sulfide) groups is 1. The van der Waals surface area contributed by atoms with E-state index >= 15 is 0 Å². The highest BCUT2D eigenvalue weighted by Crippen LogP contribution is 2.39. The summed E-state index contributed by atoms with van der Waals surface area (Å²) in [5, 5.41) is 72.5. The highest BCUT2D eigenvalue weighted by Gasteiger charge is 2.36. The fourth-order valence-corrected chi connectivity index (χ4v) is 15.1. The number of amides is 8. The second-order valence-corrected chi connectivity index (χ2v) is 30.1. The van der Waals surface area contributed by atoms with Crippen LogP contribution in [0.5, 0.6) is 29.0 Å². The average molecular weight is 1690 g/mol. The lowest BCUT2D eigenvalue weighted by Crippen LogP contribution is -2.58. The molecule has 35 nitrogen and oxygen atoms in total. The van der Waals surface area contributed by atoms with Gasteiger partial charge in [0.15, 0.2) is 11.8 Å². The van der Waals surface area contributed by atoms with Crippen molar-refractivity contribution in [1.82, 2.24) is 46.7 Å². The van der Waals surface area contributed by atoms with E-state index < -0.39 is 102 Å². The van der Waals surface area contributed by atoms with E-state index in [1.807, 2.05) is 56.3 Å². The van der Waals surface area contributed by atoms with Crippen LogP contribution in [0.2, 0.25) is 0 Å². The summed E-state index contributed by atoms with van der Waals surface area (Å²) in [5.41, 5.74) is 12.8. The summed E-state index contributed by atoms with van der Waals surface area (Å²) in [6.45, 7) is 9.32. The van der Waals surface area contributed by atoms with Crippen molar-refractivity contribution in [1.29, 1.82) is 5.41 Å². The predicted octanol–water partition coefficient (Wildman–Crippen LogP) is 3.56. The normalized spacial score (nSPS) is 17.6. The number of anilines is 4. The van der Waals surface area contributed by atoms with Crippen LogP contribution in [0.3, 0.4) is 0 Å². The molecule has 1 saturated heterocycles. The van der Waals surface area contributed by atoms with Gasteiger partial charge < -0.3 is 117 Å². The molecule has 1 aromatic heterocycles. The third-order valence-electron chi connectivity index (χ3n) is 20.4. The summed E-state index contributed by atoms with van der Waals surface area (Å²) in [6.07, 6.45) is -0.795. The Labute approximate surface area is 705 Å². The number of aromatic nitrogens is 1. The topological polar surface area (TPSA) is 463 Å². The average Bonchev–Trinajstić information content (AvgIpc) is 0.838. The number of aromatic hydroxyl groups is 2. The Kier molecular flexibility index (Phi) is 34.6. The third-order valence-corrected chi connectivity index (χ3v) is 21.5. The molecule has 121 heavy (non-hydrogen) atoms. The van der Waals surface area contributed by atoms with Crippen molar-refractivity contribution in [2.75, 3.05) is 178 Å². The Bertz CT molecular complexity index is 4730. The summed E-state index contributed by atoms with van der Waals surface area (Å²) in [6, 6.07) is 30.5. The van der Waals surface area contributed by atoms with E-state index in [1.165, 1.54) is 6.07 Å². The second-order valence-electron chi connectivity index (χ2n) is 29.1. The molecule has 1 fully saturated rings. The number of carboxylic acid groups (broad SMARTS) is 1. The summed E-state index contributed by atoms with van der Waals surface area (Å²) < 4.78 is 44.2. The Morgan fingerprint density at radius 2 is 1.26 bits per heavy atom. The molecule has 0 saturated carbocycles. The second kappa shape index (κ2) is 45.9. The molecular formula is C85H109N15O20S. The van der Waals surface area contributed by atoms with Crippen LogP contribution in [0.25, 0.3) is 10.8 Å². The minimum Gasteiger partial charge on any atom is -0.494 e. The van der Waals surface area contributed by atoms with Crippen molar-refractivity contribution in [3.8, 4) is 29.0 Å². The fraction of sp³-hybridized carbons (Fsp3) is 0.435. The Morgan fingerprint density at radius 3 is 1.93 bits per heavy atom. The third kappa shape index (κ3) is 26.2. The number of carboxylic acids is 1. The first-order valence-electron chi connectivity index (χ1n) is 40.2. The maximum Gasteiger partial charge on any atom is 0.305 e. The minimum absolute atomic E-state index is 0.00997. The van der Waals surface area contributed by atoms with Gasteiger partial charge in [-0.15, -0.1) is 11.8 Å². The fourth-order valence-electron chi connectivity index (χ4n) is 14.1. The van der Waals surface area contributed by atoms with Crippen molar-refractivity contribution in [2.45, 2.75) is 88.0 Å². The number of aryl methyl sites for hydroxylation is 2. The summed E-state index contributed by atoms with van der Waals surface area (Å²) in [4.78, 5) is 131. The maximum absolute atomic E-state index is 14.4. The number of aliphatic carboxylic acids is 1. The summed E-state index contributed by atoms with van der Waals surface area (Å²) in [5.74, 6) is -7.67. The number of nitrogens with one attached hydrogen (secondary N) is 9. The number of aliphatic hydroxyl groups is 1. The quantitative estimate of drug-likeness (QED) is 0.00971. The van der Waals surface area contributed by atoms with Crippen LogP contribution < -0.4 is 77.2 Å². The van der Waals surface area contributed by atoms with Gasteiger partial charge in [-0.2, -0.15) is 0 Å². The maximum atomic E-state index is 14.4. The zero-order valence-electron chi connectivity index (χ0n) is 68.4. The largest absolute Gasteiger partial charge is 0.494 e. The number of imide groups is 1. The number of β-amino-alcohol motifs (C(OH)–C–C–N with tert-alkyl or cyclic N) is 1. The number of ether oxygens (including phenoxy) is 7. The molecule has 0 spiro atoms. The monoisotopic (exact) mass is 1690 g/mol. The van der Waals surface area contributed by atoms with Crippen LogP contribution in [0, 0.1) is 19.3 Å². The lowest BCUT2D eigenvalue weighted by atomic mass is 9.93. The Balaban J connectivity index is 0.786. The SMILES string of the molecule is COCCOc1cc(CCNc2ccc3c4c(cccc24)C(=O)N(CCNC(=O)CCn2c(O)cc(SCC4NC(=O)C(Cc5ccccc5)NC(=O)C(CC(=O)O)NC(=O)CNC(=O)C(CCCNC(=N)N)NC4=O)c2O)C3=O)ccc1N1CCOc2cc(C)ccc2N(CCO)CCOCCOCCN(CCOC)c2ccc(C)cc2OCC1. The van der Waals surface area contributed by atoms with Gasteiger partial charge in [0, 0.05) is 125 Å². The van der Waals surface area contributed by atoms with Crippen LogP contribution in [0.15, 0.2) is 126 Å². The van der Waals surface area contributed by atoms with E-state index in [1.54, 1.807) is 68.8 Å². The Hall–Kier alpha value is -12.1. The van der Waals surface area contributed by atoms with E-state index in [4.69, 9.17) is 44.3 Å². The van der Waals surface area contributed by atoms with Gasteiger partial charge in [-0.3, -0.25) is 58.0 Å². The van der Waals surface area contributed by atoms with Gasteiger partial charge in [0.05, 0.1) is 94.3 Å². The number of fused-ring (bicyclic) bond motifs is 2. The molecule has 3 aliphatic heterocycles. The van der Waals surface area contributed by atoms with Crippen LogP contribution in [0.4, 0.5) is 22.7 Å². The summed E-state index contributed by atoms with van der Waals surface area (Å²) in [7, 11) is 3.29. The number of carbonyl (C=O) groups is 9. The molecule has 36 heteroatoms. The standard InChI is InChI=1S/C85H109N15O20S/c1-54-15-20-66-69(46-54)118-40-34-98(35-41-119-70-47-55(2)16-21-67(70)97(31-37-114-3)33-39-117-44-43-116-38-32-96(66)30-36-101)68-22-17-57(49-71(68)120-45-42-115-4)23-26-88-61-19-18-60-77-58(61)12-8-13-59(77)82(111)100(83(60)112)29-27-89-73(102)24-28-99-75(104)51-72(84(99)113)121-53-65-81(110)93-62(14-9-25-90-85(86)87)78(107)91-52-74(103)92-64(50-76(105)106)80(109)94-63(79(108)95-65)48-56-10-6-5-7-11-56/h5-8,10-13,15-22,46-47,49,51,62-65,88,101,104,113H,9,14,23-45,48,50,52-53H2,1-4H3,(H,89,102)(H,91,107)(H,92,103)(H,93,110)(H,94,109)(H,95,108)(H,105,106)(H4,86,87,90). The smallest absolute Gasteiger partial charge is 0.305 e. The molecule has 650 valence electrons. The molecule has 3 aliphatic rings. The first-order valence-corrected chi connectivity index (χ1v) is 41.2. The molecular weight excluding hydrogens is 1580 g/mol. The van der Waals surface area contributed by atoms with Crippen molar-refractivity contribution >= 4 is 104 Å². The van der Waals surface area contributed by atoms with Gasteiger partial charge in [0.1, 0.15) is 61.2 Å². The van der Waals surface area contributed by atoms with E-state index in [0.29, 0.717) is 132 Å². The molecule has 6 aromatic carbocycles. The molecule has 0 radical (unpaired) electrons. The number of nitrogens with two attached hydrogens (primary N) is 1. The lowest BCUT2D eigenvalue weighted by Gasteiger charge is -2.30. The van der Waals surface area contributed by atoms with Crippen LogP contribution >= 0.6 is 11.8 Å². The number of hydrogen-bond acceptors (Lipinski definition) is 25. The van der Waals surface area contributed by atoms with E-state index in [2.05, 4.69) is 75.4 Å². The van der Waals surface area contributed by atoms with Crippen molar-refractivity contribution < 1.29 is 96.7 Å². The highest BCUT2D eigenvalue weighted by molar-refractivity contribution is 7.99. The van der Waals surface area contributed by atoms with E-state index in [0.717, 1.165) is 60.7 Å². The van der Waals surface area contributed by atoms with E-state index in [-0.39, 0.29) is 99.4 Å². The molecule has 8 amide bonds. The minimum atomic E-state index is -1.71.